The molecular formula is C42H44N2O4. The zero-order valence-electron chi connectivity index (χ0n) is 29.0. The van der Waals surface area contributed by atoms with E-state index in [1.165, 1.54) is 26.3 Å². The first kappa shape index (κ1) is 35.5. The number of aliphatic imine (C=N–C) groups is 2. The molecule has 4 aromatic carbocycles. The average Bonchev–Trinajstić information content (AvgIpc) is 3.01. The van der Waals surface area contributed by atoms with Gasteiger partial charge >= 0.3 is 0 Å². The number of ketones is 2. The van der Waals surface area contributed by atoms with E-state index in [0.717, 1.165) is 44.5 Å². The topological polar surface area (TPSA) is 99.3 Å². The van der Waals surface area contributed by atoms with Gasteiger partial charge in [-0.3, -0.25) is 19.6 Å². The van der Waals surface area contributed by atoms with E-state index >= 15 is 0 Å². The van der Waals surface area contributed by atoms with Gasteiger partial charge in [0.1, 0.15) is 23.6 Å². The number of aliphatic hydroxyl groups excluding tert-OH is 2. The van der Waals surface area contributed by atoms with Crippen LogP contribution in [0, 0.1) is 41.5 Å². The zero-order chi connectivity index (χ0) is 35.1. The van der Waals surface area contributed by atoms with Crippen molar-refractivity contribution in [3.8, 4) is 0 Å². The second-order valence-electron chi connectivity index (χ2n) is 12.5. The van der Waals surface area contributed by atoms with E-state index in [4.69, 9.17) is 9.98 Å². The maximum atomic E-state index is 13.0. The fraction of sp³-hybridized carbons (Fsp3) is 0.238. The van der Waals surface area contributed by atoms with Gasteiger partial charge in [0.15, 0.2) is 11.6 Å². The highest BCUT2D eigenvalue weighted by Gasteiger charge is 2.25. The number of Topliss-reactive ketones (excluding diaryl/α,β-unsaturated/α-hetero) is 2. The minimum Gasteiger partial charge on any atom is -0.506 e. The van der Waals surface area contributed by atoms with Crippen molar-refractivity contribution >= 4 is 35.5 Å². The van der Waals surface area contributed by atoms with Crippen molar-refractivity contribution < 1.29 is 19.8 Å². The van der Waals surface area contributed by atoms with Gasteiger partial charge in [-0.1, -0.05) is 96.1 Å². The summed E-state index contributed by atoms with van der Waals surface area (Å²) in [6.07, 6.45) is 2.86. The number of nitrogens with zero attached hydrogens (tertiary/aromatic N) is 2. The molecule has 2 N–H and O–H groups in total. The highest BCUT2D eigenvalue weighted by molar-refractivity contribution is 6.18. The monoisotopic (exact) mass is 640 g/mol. The summed E-state index contributed by atoms with van der Waals surface area (Å²) in [5.41, 5.74) is 8.51. The van der Waals surface area contributed by atoms with Crippen LogP contribution in [-0.4, -0.2) is 34.2 Å². The van der Waals surface area contributed by atoms with Gasteiger partial charge in [0, 0.05) is 23.6 Å². The Bertz CT molecular complexity index is 1760. The van der Waals surface area contributed by atoms with Crippen LogP contribution in [0.5, 0.6) is 0 Å². The molecule has 0 spiro atoms. The summed E-state index contributed by atoms with van der Waals surface area (Å²) in [5, 5.41) is 23.0. The van der Waals surface area contributed by atoms with Crippen LogP contribution in [0.3, 0.4) is 0 Å². The smallest absolute Gasteiger partial charge is 0.165 e. The number of benzene rings is 4. The van der Waals surface area contributed by atoms with Crippen LogP contribution >= 0.6 is 0 Å². The molecule has 0 fully saturated rings. The van der Waals surface area contributed by atoms with Crippen molar-refractivity contribution in [1.29, 1.82) is 0 Å². The third kappa shape index (κ3) is 8.13. The van der Waals surface area contributed by atoms with Gasteiger partial charge in [0.2, 0.25) is 0 Å². The minimum absolute atomic E-state index is 0.0778. The number of rotatable bonds is 11. The Morgan fingerprint density at radius 2 is 0.833 bits per heavy atom. The molecule has 0 heterocycles. The summed E-state index contributed by atoms with van der Waals surface area (Å²) in [5.74, 6) is -0.942. The molecule has 0 aliphatic carbocycles. The third-order valence-corrected chi connectivity index (χ3v) is 8.41. The van der Waals surface area contributed by atoms with Crippen molar-refractivity contribution in [2.45, 2.75) is 67.5 Å². The standard InChI is InChI=1S/C42H44N2O4/c1-25-19-27(3)37(28(4)20-25)41(47)35(31(7)45)23-43-39(33-15-11-9-12-16-33)40(34-17-13-10-14-18-34)44-24-36(32(8)46)42(48)38-29(5)21-26(2)22-30(38)6/h9-24,39-40,47-48H,1-8H3/t39-,40?/m0/s1. The van der Waals surface area contributed by atoms with Gasteiger partial charge in [0.25, 0.3) is 0 Å². The fourth-order valence-electron chi connectivity index (χ4n) is 6.32. The number of hydrogen-bond acceptors (Lipinski definition) is 6. The molecule has 0 amide bonds. The zero-order valence-corrected chi connectivity index (χ0v) is 29.0. The summed E-state index contributed by atoms with van der Waals surface area (Å²) in [7, 11) is 0. The quantitative estimate of drug-likeness (QED) is 0.0969. The maximum absolute atomic E-state index is 13.0. The minimum atomic E-state index is -0.662. The highest BCUT2D eigenvalue weighted by atomic mass is 16.3. The molecular weight excluding hydrogens is 596 g/mol. The molecule has 6 nitrogen and oxygen atoms in total. The van der Waals surface area contributed by atoms with Crippen LogP contribution in [0.4, 0.5) is 0 Å². The Hall–Kier alpha value is -5.36. The SMILES string of the molecule is CC(=O)C(C=NC(c1ccccc1)[C@@H](N=CC(C(C)=O)=C(O)c1c(C)cc(C)cc1C)c1ccccc1)=C(O)c1c(C)cc(C)cc1C. The van der Waals surface area contributed by atoms with Gasteiger partial charge in [-0.2, -0.15) is 0 Å². The van der Waals surface area contributed by atoms with Gasteiger partial charge in [-0.25, -0.2) is 0 Å². The normalized spacial score (nSPS) is 14.1. The molecule has 2 atom stereocenters. The third-order valence-electron chi connectivity index (χ3n) is 8.41. The van der Waals surface area contributed by atoms with E-state index < -0.39 is 12.1 Å². The Labute approximate surface area is 283 Å². The second kappa shape index (κ2) is 15.5. The average molecular weight is 641 g/mol. The van der Waals surface area contributed by atoms with Crippen LogP contribution < -0.4 is 0 Å². The molecule has 0 saturated heterocycles. The largest absolute Gasteiger partial charge is 0.506 e. The Morgan fingerprint density at radius 1 is 0.542 bits per heavy atom. The highest BCUT2D eigenvalue weighted by Crippen LogP contribution is 2.36. The van der Waals surface area contributed by atoms with Crippen LogP contribution in [0.25, 0.3) is 11.5 Å². The summed E-state index contributed by atoms with van der Waals surface area (Å²) in [6, 6.07) is 25.7. The lowest BCUT2D eigenvalue weighted by molar-refractivity contribution is -0.114. The molecule has 0 aromatic heterocycles. The molecule has 246 valence electrons. The predicted octanol–water partition coefficient (Wildman–Crippen LogP) is 9.58. The lowest BCUT2D eigenvalue weighted by atomic mass is 9.93. The summed E-state index contributed by atoms with van der Waals surface area (Å²) >= 11 is 0. The Kier molecular flexibility index (Phi) is 11.5. The molecule has 0 aliphatic rings. The van der Waals surface area contributed by atoms with E-state index in [-0.39, 0.29) is 34.2 Å². The molecule has 0 bridgehead atoms. The van der Waals surface area contributed by atoms with Crippen molar-refractivity contribution in [1.82, 2.24) is 0 Å². The van der Waals surface area contributed by atoms with Crippen molar-refractivity contribution in [3.05, 3.63) is 152 Å². The van der Waals surface area contributed by atoms with E-state index in [2.05, 4.69) is 0 Å². The molecule has 4 rings (SSSR count). The van der Waals surface area contributed by atoms with Gasteiger partial charge < -0.3 is 10.2 Å². The van der Waals surface area contributed by atoms with Crippen molar-refractivity contribution in [2.24, 2.45) is 9.98 Å². The van der Waals surface area contributed by atoms with Crippen LogP contribution in [-0.2, 0) is 9.59 Å². The first-order valence-electron chi connectivity index (χ1n) is 16.0. The van der Waals surface area contributed by atoms with Crippen molar-refractivity contribution in [3.63, 3.8) is 0 Å². The summed E-state index contributed by atoms with van der Waals surface area (Å²) in [6.45, 7) is 14.4. The van der Waals surface area contributed by atoms with Gasteiger partial charge in [-0.15, -0.1) is 0 Å². The van der Waals surface area contributed by atoms with Crippen LogP contribution in [0.1, 0.15) is 81.6 Å². The lowest BCUT2D eigenvalue weighted by Gasteiger charge is -2.22. The number of aryl methyl sites for hydroxylation is 6. The lowest BCUT2D eigenvalue weighted by Crippen LogP contribution is -2.12. The fourth-order valence-corrected chi connectivity index (χ4v) is 6.32. The van der Waals surface area contributed by atoms with E-state index in [1.807, 2.05) is 126 Å². The molecule has 1 unspecified atom stereocenters. The molecule has 0 saturated carbocycles. The summed E-state index contributed by atoms with van der Waals surface area (Å²) in [4.78, 5) is 35.9. The Balaban J connectivity index is 1.93. The molecule has 0 radical (unpaired) electrons. The van der Waals surface area contributed by atoms with Crippen LogP contribution in [0.2, 0.25) is 0 Å². The van der Waals surface area contributed by atoms with Crippen LogP contribution in [0.15, 0.2) is 106 Å². The second-order valence-corrected chi connectivity index (χ2v) is 12.5. The van der Waals surface area contributed by atoms with E-state index in [0.29, 0.717) is 11.1 Å². The van der Waals surface area contributed by atoms with Crippen molar-refractivity contribution in [2.75, 3.05) is 0 Å². The maximum Gasteiger partial charge on any atom is 0.165 e. The number of carbonyl (C=O) groups excluding carboxylic acids is 2. The number of hydrogen-bond donors (Lipinski definition) is 2. The first-order valence-corrected chi connectivity index (χ1v) is 16.0. The van der Waals surface area contributed by atoms with E-state index in [1.54, 1.807) is 0 Å². The Morgan fingerprint density at radius 3 is 1.10 bits per heavy atom. The number of aliphatic hydroxyl groups is 2. The molecule has 4 aromatic rings. The van der Waals surface area contributed by atoms with Gasteiger partial charge in [-0.05, 0) is 88.8 Å². The van der Waals surface area contributed by atoms with E-state index in [9.17, 15) is 19.8 Å². The van der Waals surface area contributed by atoms with Gasteiger partial charge in [0.05, 0.1) is 11.1 Å². The number of allylic oxidation sites excluding steroid dienone is 2. The molecule has 48 heavy (non-hydrogen) atoms. The number of carbonyl (C=O) groups is 2. The summed E-state index contributed by atoms with van der Waals surface area (Å²) < 4.78 is 0. The predicted molar refractivity (Wildman–Crippen MR) is 197 cm³/mol. The first-order chi connectivity index (χ1) is 22.8. The molecule has 6 heteroatoms. The molecule has 0 aliphatic heterocycles.